The van der Waals surface area contributed by atoms with Crippen molar-refractivity contribution >= 4 is 22.8 Å². The lowest BCUT2D eigenvalue weighted by Gasteiger charge is -2.53. The molecule has 0 saturated carbocycles. The monoisotopic (exact) mass is 489 g/mol. The van der Waals surface area contributed by atoms with Gasteiger partial charge >= 0.3 is 11.8 Å². The molecule has 1 spiro atoms. The van der Waals surface area contributed by atoms with Gasteiger partial charge in [0.05, 0.1) is 17.4 Å². The van der Waals surface area contributed by atoms with Gasteiger partial charge in [-0.25, -0.2) is 9.59 Å². The van der Waals surface area contributed by atoms with E-state index in [9.17, 15) is 9.59 Å². The molecule has 0 radical (unpaired) electrons. The quantitative estimate of drug-likeness (QED) is 0.529. The van der Waals surface area contributed by atoms with E-state index in [1.807, 2.05) is 45.0 Å². The molecular weight excluding hydrogens is 454 g/mol. The first-order valence-corrected chi connectivity index (χ1v) is 12.8. The number of likely N-dealkylation sites (tertiary alicyclic amines) is 1. The van der Waals surface area contributed by atoms with Gasteiger partial charge in [0, 0.05) is 43.2 Å². The Morgan fingerprint density at radius 3 is 2.44 bits per heavy atom. The molecule has 8 heteroatoms. The maximum Gasteiger partial charge on any atom is 0.410 e. The van der Waals surface area contributed by atoms with Gasteiger partial charge in [0.25, 0.3) is 0 Å². The van der Waals surface area contributed by atoms with Crippen molar-refractivity contribution < 1.29 is 9.53 Å². The fourth-order valence-electron chi connectivity index (χ4n) is 5.44. The van der Waals surface area contributed by atoms with Crippen molar-refractivity contribution in [1.29, 1.82) is 0 Å². The van der Waals surface area contributed by atoms with Crippen molar-refractivity contribution in [2.24, 2.45) is 5.41 Å². The summed E-state index contributed by atoms with van der Waals surface area (Å²) in [4.78, 5) is 38.8. The first-order valence-electron chi connectivity index (χ1n) is 12.8. The summed E-state index contributed by atoms with van der Waals surface area (Å²) in [5, 5.41) is 0.920. The van der Waals surface area contributed by atoms with E-state index in [-0.39, 0.29) is 23.1 Å². The second-order valence-electron chi connectivity index (χ2n) is 11.5. The summed E-state index contributed by atoms with van der Waals surface area (Å²) in [6, 6.07) is 9.94. The zero-order valence-electron chi connectivity index (χ0n) is 21.8. The lowest BCUT2D eigenvalue weighted by atomic mass is 9.72. The molecule has 5 rings (SSSR count). The zero-order valence-corrected chi connectivity index (χ0v) is 21.8. The summed E-state index contributed by atoms with van der Waals surface area (Å²) in [5.74, 6) is 0.981. The van der Waals surface area contributed by atoms with Crippen LogP contribution in [0.4, 0.5) is 10.6 Å². The van der Waals surface area contributed by atoms with Crippen LogP contribution in [-0.4, -0.2) is 57.3 Å². The van der Waals surface area contributed by atoms with Crippen molar-refractivity contribution in [2.45, 2.75) is 59.0 Å². The highest BCUT2D eigenvalue weighted by atomic mass is 16.6. The molecule has 2 aromatic heterocycles. The van der Waals surface area contributed by atoms with Gasteiger partial charge in [0.2, 0.25) is 0 Å². The molecule has 4 heterocycles. The summed E-state index contributed by atoms with van der Waals surface area (Å²) >= 11 is 0. The molecule has 2 fully saturated rings. The van der Waals surface area contributed by atoms with Gasteiger partial charge in [-0.05, 0) is 57.2 Å². The number of rotatable bonds is 3. The summed E-state index contributed by atoms with van der Waals surface area (Å²) < 4.78 is 7.21. The van der Waals surface area contributed by atoms with Crippen LogP contribution >= 0.6 is 0 Å². The molecule has 3 aromatic rings. The maximum absolute atomic E-state index is 13.4. The Morgan fingerprint density at radius 1 is 1.08 bits per heavy atom. The molecule has 1 amide bonds. The van der Waals surface area contributed by atoms with Crippen LogP contribution < -0.4 is 10.6 Å². The zero-order chi connectivity index (χ0) is 25.7. The molecule has 0 atom stereocenters. The van der Waals surface area contributed by atoms with Gasteiger partial charge in [0.15, 0.2) is 0 Å². The number of hydrogen-bond acceptors (Lipinski definition) is 6. The highest BCUT2D eigenvalue weighted by molar-refractivity contribution is 5.90. The average molecular weight is 490 g/mol. The predicted octanol–water partition coefficient (Wildman–Crippen LogP) is 4.74. The Labute approximate surface area is 211 Å². The van der Waals surface area contributed by atoms with Crippen molar-refractivity contribution in [1.82, 2.24) is 19.4 Å². The molecule has 190 valence electrons. The van der Waals surface area contributed by atoms with Crippen LogP contribution in [0.15, 0.2) is 47.5 Å². The fourth-order valence-corrected chi connectivity index (χ4v) is 5.44. The van der Waals surface area contributed by atoms with Crippen LogP contribution in [0.2, 0.25) is 0 Å². The summed E-state index contributed by atoms with van der Waals surface area (Å²) in [7, 11) is 0. The first-order chi connectivity index (χ1) is 17.1. The largest absolute Gasteiger partial charge is 0.444 e. The number of fused-ring (bicyclic) bond motifs is 1. The Balaban J connectivity index is 1.40. The van der Waals surface area contributed by atoms with E-state index in [4.69, 9.17) is 4.74 Å². The smallest absolute Gasteiger partial charge is 0.410 e. The number of aromatic nitrogens is 3. The third-order valence-electron chi connectivity index (χ3n) is 7.30. The van der Waals surface area contributed by atoms with Gasteiger partial charge < -0.3 is 14.5 Å². The lowest BCUT2D eigenvalue weighted by Crippen LogP contribution is -2.62. The maximum atomic E-state index is 13.4. The molecule has 36 heavy (non-hydrogen) atoms. The number of piperidine rings is 1. The minimum atomic E-state index is -0.485. The van der Waals surface area contributed by atoms with Crippen molar-refractivity contribution in [3.05, 3.63) is 58.8 Å². The molecule has 1 aromatic carbocycles. The van der Waals surface area contributed by atoms with Crippen LogP contribution in [0.5, 0.6) is 0 Å². The van der Waals surface area contributed by atoms with E-state index >= 15 is 0 Å². The summed E-state index contributed by atoms with van der Waals surface area (Å²) in [6.07, 6.45) is 5.17. The second-order valence-corrected chi connectivity index (χ2v) is 11.5. The highest BCUT2D eigenvalue weighted by Crippen LogP contribution is 2.42. The molecule has 2 aliphatic rings. The van der Waals surface area contributed by atoms with Crippen LogP contribution in [0.1, 0.15) is 58.9 Å². The summed E-state index contributed by atoms with van der Waals surface area (Å²) in [5.41, 5.74) is 2.05. The molecule has 0 N–H and O–H groups in total. The third kappa shape index (κ3) is 4.45. The van der Waals surface area contributed by atoms with E-state index in [2.05, 4.69) is 34.8 Å². The van der Waals surface area contributed by atoms with Crippen molar-refractivity contribution in [3.63, 3.8) is 0 Å². The summed E-state index contributed by atoms with van der Waals surface area (Å²) in [6.45, 7) is 12.9. The Bertz CT molecular complexity index is 1340. The van der Waals surface area contributed by atoms with Gasteiger partial charge in [-0.2, -0.15) is 4.98 Å². The number of amides is 1. The topological polar surface area (TPSA) is 80.6 Å². The van der Waals surface area contributed by atoms with Gasteiger partial charge in [-0.15, -0.1) is 0 Å². The highest BCUT2D eigenvalue weighted by Gasteiger charge is 2.48. The van der Waals surface area contributed by atoms with Gasteiger partial charge in [-0.3, -0.25) is 9.55 Å². The second kappa shape index (κ2) is 8.91. The minimum absolute atomic E-state index is 0.121. The first kappa shape index (κ1) is 24.3. The van der Waals surface area contributed by atoms with Crippen LogP contribution in [0, 0.1) is 5.41 Å². The number of anilines is 1. The number of hydrogen-bond donors (Lipinski definition) is 0. The minimum Gasteiger partial charge on any atom is -0.444 e. The van der Waals surface area contributed by atoms with Gasteiger partial charge in [0.1, 0.15) is 11.4 Å². The van der Waals surface area contributed by atoms with E-state index in [0.29, 0.717) is 5.82 Å². The Morgan fingerprint density at radius 2 is 1.78 bits per heavy atom. The molecule has 2 saturated heterocycles. The number of para-hydroxylation sites is 1. The molecule has 0 unspecified atom stereocenters. The van der Waals surface area contributed by atoms with Gasteiger partial charge in [-0.1, -0.05) is 32.0 Å². The third-order valence-corrected chi connectivity index (χ3v) is 7.30. The number of carbonyl (C=O) groups excluding carboxylic acids is 1. The normalized spacial score (nSPS) is 17.5. The number of benzene rings is 1. The molecule has 2 aliphatic heterocycles. The Hall–Kier alpha value is -3.42. The number of nitrogens with zero attached hydrogens (tertiary/aromatic N) is 5. The van der Waals surface area contributed by atoms with E-state index < -0.39 is 5.60 Å². The molecule has 0 aliphatic carbocycles. The van der Waals surface area contributed by atoms with Crippen LogP contribution in [0.25, 0.3) is 16.6 Å². The molecular formula is C28H35N5O3. The number of pyridine rings is 1. The number of carbonyl (C=O) groups is 1. The van der Waals surface area contributed by atoms with Crippen molar-refractivity contribution in [3.8, 4) is 5.69 Å². The average Bonchev–Trinajstić information content (AvgIpc) is 2.81. The Kier molecular flexibility index (Phi) is 6.01. The fraction of sp³-hybridized carbons (Fsp3) is 0.500. The van der Waals surface area contributed by atoms with Crippen LogP contribution in [0.3, 0.4) is 0 Å². The van der Waals surface area contributed by atoms with E-state index in [0.717, 1.165) is 61.2 Å². The van der Waals surface area contributed by atoms with Crippen molar-refractivity contribution in [2.75, 3.05) is 31.1 Å². The number of ether oxygens (including phenoxy) is 1. The SMILES string of the molecule is CC(C)c1ccccc1-n1c(=O)nc(N2CCC3(CC2)CN(C(=O)OC(C)(C)C)C3)c2ccncc21. The van der Waals surface area contributed by atoms with E-state index in [1.54, 1.807) is 21.9 Å². The standard InChI is InChI=1S/C28H35N5O3/c1-19(2)20-8-6-7-9-22(20)33-23-16-29-13-10-21(23)24(30-25(33)34)31-14-11-28(12-15-31)17-32(18-28)26(35)36-27(3,4)5/h6-10,13,16,19H,11-12,14-15,17-18H2,1-5H3. The van der Waals surface area contributed by atoms with Crippen LogP contribution in [-0.2, 0) is 4.74 Å². The predicted molar refractivity (Wildman–Crippen MR) is 141 cm³/mol. The molecule has 0 bridgehead atoms. The van der Waals surface area contributed by atoms with E-state index in [1.165, 1.54) is 0 Å². The lowest BCUT2D eigenvalue weighted by molar-refractivity contribution is -0.0434. The molecule has 8 nitrogen and oxygen atoms in total.